The smallest absolute Gasteiger partial charge is 0.224 e. The summed E-state index contributed by atoms with van der Waals surface area (Å²) in [5.74, 6) is 0.671. The van der Waals surface area contributed by atoms with Gasteiger partial charge in [0.25, 0.3) is 0 Å². The molecule has 29 heavy (non-hydrogen) atoms. The maximum atomic E-state index is 12.8. The molecule has 2 N–H and O–H groups in total. The summed E-state index contributed by atoms with van der Waals surface area (Å²) < 4.78 is 0. The van der Waals surface area contributed by atoms with Crippen molar-refractivity contribution in [2.45, 2.75) is 50.6 Å². The average molecular weight is 434 g/mol. The van der Waals surface area contributed by atoms with E-state index < -0.39 is 0 Å². The van der Waals surface area contributed by atoms with Gasteiger partial charge in [-0.3, -0.25) is 4.79 Å². The number of hydrogen-bond acceptors (Lipinski definition) is 3. The van der Waals surface area contributed by atoms with Crippen LogP contribution in [0.15, 0.2) is 48.5 Å². The number of para-hydroxylation sites is 3. The predicted octanol–water partition coefficient (Wildman–Crippen LogP) is 5.08. The van der Waals surface area contributed by atoms with Crippen molar-refractivity contribution in [3.8, 4) is 0 Å². The fraction of sp³-hybridized carbons (Fsp3) is 0.435. The molecule has 0 aromatic heterocycles. The van der Waals surface area contributed by atoms with E-state index >= 15 is 0 Å². The van der Waals surface area contributed by atoms with Gasteiger partial charge in [-0.25, -0.2) is 0 Å². The molecule has 0 spiro atoms. The first-order chi connectivity index (χ1) is 13.3. The van der Waals surface area contributed by atoms with Crippen LogP contribution < -0.4 is 15.5 Å². The second-order valence-corrected chi connectivity index (χ2v) is 8.28. The van der Waals surface area contributed by atoms with Crippen LogP contribution in [0.1, 0.15) is 37.7 Å². The Labute approximate surface area is 185 Å². The molecular formula is C23H29Cl2N3O. The van der Waals surface area contributed by atoms with Crippen LogP contribution in [-0.2, 0) is 11.2 Å². The van der Waals surface area contributed by atoms with E-state index in [0.717, 1.165) is 37.2 Å². The molecule has 2 bridgehead atoms. The number of fused-ring (bicyclic) bond motifs is 3. The number of halogens is 2. The van der Waals surface area contributed by atoms with E-state index in [0.29, 0.717) is 24.4 Å². The molecule has 2 aromatic rings. The Kier molecular flexibility index (Phi) is 7.10. The first-order valence-corrected chi connectivity index (χ1v) is 10.3. The summed E-state index contributed by atoms with van der Waals surface area (Å²) in [7, 11) is 0. The third-order valence-electron chi connectivity index (χ3n) is 6.40. The number of hydrogen-bond donors (Lipinski definition) is 2. The second kappa shape index (κ2) is 9.38. The van der Waals surface area contributed by atoms with E-state index in [-0.39, 0.29) is 30.7 Å². The summed E-state index contributed by atoms with van der Waals surface area (Å²) in [6.07, 6.45) is 6.53. The molecule has 2 unspecified atom stereocenters. The Bertz CT molecular complexity index is 848. The van der Waals surface area contributed by atoms with Crippen LogP contribution in [0.5, 0.6) is 0 Å². The highest BCUT2D eigenvalue weighted by atomic mass is 35.5. The number of nitrogens with zero attached hydrogens (tertiary/aromatic N) is 1. The van der Waals surface area contributed by atoms with Crippen molar-refractivity contribution in [1.82, 2.24) is 5.32 Å². The minimum atomic E-state index is 0. The Hall–Kier alpha value is -1.75. The van der Waals surface area contributed by atoms with Gasteiger partial charge in [0.15, 0.2) is 0 Å². The first-order valence-electron chi connectivity index (χ1n) is 10.3. The largest absolute Gasteiger partial charge is 0.339 e. The molecule has 3 heterocycles. The van der Waals surface area contributed by atoms with E-state index in [1.165, 1.54) is 24.1 Å². The van der Waals surface area contributed by atoms with Gasteiger partial charge >= 0.3 is 0 Å². The number of anilines is 3. The van der Waals surface area contributed by atoms with Gasteiger partial charge in [0, 0.05) is 30.7 Å². The van der Waals surface area contributed by atoms with Gasteiger partial charge in [0.05, 0.1) is 11.4 Å². The quantitative estimate of drug-likeness (QED) is 0.705. The predicted molar refractivity (Wildman–Crippen MR) is 124 cm³/mol. The Morgan fingerprint density at radius 3 is 2.38 bits per heavy atom. The lowest BCUT2D eigenvalue weighted by Gasteiger charge is -2.29. The van der Waals surface area contributed by atoms with Crippen molar-refractivity contribution in [1.29, 1.82) is 0 Å². The normalized spacial score (nSPS) is 24.3. The van der Waals surface area contributed by atoms with Crippen molar-refractivity contribution in [2.75, 3.05) is 16.8 Å². The molecule has 2 saturated heterocycles. The van der Waals surface area contributed by atoms with Crippen molar-refractivity contribution in [2.24, 2.45) is 5.92 Å². The maximum absolute atomic E-state index is 12.8. The summed E-state index contributed by atoms with van der Waals surface area (Å²) in [5.41, 5.74) is 4.66. The highest BCUT2D eigenvalue weighted by Gasteiger charge is 2.34. The zero-order valence-electron chi connectivity index (χ0n) is 16.5. The van der Waals surface area contributed by atoms with Crippen molar-refractivity contribution in [3.63, 3.8) is 0 Å². The zero-order valence-corrected chi connectivity index (χ0v) is 18.1. The minimum Gasteiger partial charge on any atom is -0.339 e. The molecule has 0 aliphatic carbocycles. The Morgan fingerprint density at radius 2 is 1.62 bits per heavy atom. The topological polar surface area (TPSA) is 44.4 Å². The van der Waals surface area contributed by atoms with Crippen LogP contribution in [-0.4, -0.2) is 24.5 Å². The Morgan fingerprint density at radius 1 is 0.966 bits per heavy atom. The third kappa shape index (κ3) is 4.55. The molecule has 156 valence electrons. The standard InChI is InChI=1S/C23H27N3O.2ClH/c27-23(15-16-13-18-9-10-19(14-16)24-18)25-20-6-2-4-8-22(20)26-12-11-17-5-1-3-7-21(17)26;;/h1-8,16,18-19,24H,9-15H2,(H,25,27);2*1H. The van der Waals surface area contributed by atoms with Crippen LogP contribution in [0.3, 0.4) is 0 Å². The van der Waals surface area contributed by atoms with Gasteiger partial charge in [0.2, 0.25) is 5.91 Å². The van der Waals surface area contributed by atoms with Crippen molar-refractivity contribution < 1.29 is 4.79 Å². The number of carbonyl (C=O) groups is 1. The highest BCUT2D eigenvalue weighted by Crippen LogP contribution is 2.38. The maximum Gasteiger partial charge on any atom is 0.224 e. The average Bonchev–Trinajstić information content (AvgIpc) is 3.25. The molecule has 2 aromatic carbocycles. The van der Waals surface area contributed by atoms with Crippen LogP contribution in [0, 0.1) is 5.92 Å². The monoisotopic (exact) mass is 433 g/mol. The molecular weight excluding hydrogens is 405 g/mol. The molecule has 1 amide bonds. The molecule has 3 aliphatic heterocycles. The first kappa shape index (κ1) is 21.9. The van der Waals surface area contributed by atoms with Crippen LogP contribution >= 0.6 is 24.8 Å². The number of benzene rings is 2. The van der Waals surface area contributed by atoms with E-state index in [9.17, 15) is 4.79 Å². The lowest BCUT2D eigenvalue weighted by Crippen LogP contribution is -2.39. The molecule has 2 atom stereocenters. The number of piperidine rings is 1. The third-order valence-corrected chi connectivity index (χ3v) is 6.40. The number of carbonyl (C=O) groups excluding carboxylic acids is 1. The van der Waals surface area contributed by atoms with Gasteiger partial charge < -0.3 is 15.5 Å². The summed E-state index contributed by atoms with van der Waals surface area (Å²) >= 11 is 0. The van der Waals surface area contributed by atoms with Crippen LogP contribution in [0.4, 0.5) is 17.1 Å². The summed E-state index contributed by atoms with van der Waals surface area (Å²) in [4.78, 5) is 15.1. The molecule has 0 saturated carbocycles. The Balaban J connectivity index is 0.00000120. The summed E-state index contributed by atoms with van der Waals surface area (Å²) in [6, 6.07) is 18.0. The van der Waals surface area contributed by atoms with Gasteiger partial charge in [-0.15, -0.1) is 24.8 Å². The molecule has 5 rings (SSSR count). The van der Waals surface area contributed by atoms with Crippen LogP contribution in [0.25, 0.3) is 0 Å². The molecule has 6 heteroatoms. The molecule has 0 radical (unpaired) electrons. The zero-order chi connectivity index (χ0) is 18.2. The van der Waals surface area contributed by atoms with E-state index in [4.69, 9.17) is 0 Å². The summed E-state index contributed by atoms with van der Waals surface area (Å²) in [6.45, 7) is 0.962. The summed E-state index contributed by atoms with van der Waals surface area (Å²) in [5, 5.41) is 6.88. The second-order valence-electron chi connectivity index (χ2n) is 8.28. The molecule has 3 aliphatic rings. The van der Waals surface area contributed by atoms with E-state index in [1.807, 2.05) is 12.1 Å². The number of rotatable bonds is 4. The fourth-order valence-corrected chi connectivity index (χ4v) is 5.21. The molecule has 2 fully saturated rings. The lowest BCUT2D eigenvalue weighted by molar-refractivity contribution is -0.117. The highest BCUT2D eigenvalue weighted by molar-refractivity contribution is 5.95. The van der Waals surface area contributed by atoms with Gasteiger partial charge in [-0.2, -0.15) is 0 Å². The lowest BCUT2D eigenvalue weighted by atomic mass is 9.89. The fourth-order valence-electron chi connectivity index (χ4n) is 5.21. The van der Waals surface area contributed by atoms with Crippen molar-refractivity contribution >= 4 is 47.8 Å². The number of nitrogens with one attached hydrogen (secondary N) is 2. The van der Waals surface area contributed by atoms with Crippen LogP contribution in [0.2, 0.25) is 0 Å². The SMILES string of the molecule is Cl.Cl.O=C(CC1CC2CCC(C1)N2)Nc1ccccc1N1CCc2ccccc21. The minimum absolute atomic E-state index is 0. The van der Waals surface area contributed by atoms with E-state index in [2.05, 4.69) is 51.9 Å². The van der Waals surface area contributed by atoms with E-state index in [1.54, 1.807) is 0 Å². The number of amides is 1. The molecule has 4 nitrogen and oxygen atoms in total. The van der Waals surface area contributed by atoms with Gasteiger partial charge in [0.1, 0.15) is 0 Å². The van der Waals surface area contributed by atoms with Gasteiger partial charge in [-0.05, 0) is 61.8 Å². The van der Waals surface area contributed by atoms with Crippen molar-refractivity contribution in [3.05, 3.63) is 54.1 Å². The van der Waals surface area contributed by atoms with Gasteiger partial charge in [-0.1, -0.05) is 30.3 Å².